The molecular weight excluding hydrogens is 344 g/mol. The maximum absolute atomic E-state index is 5.97. The highest BCUT2D eigenvalue weighted by molar-refractivity contribution is 5.84. The molecule has 3 heteroatoms. The van der Waals surface area contributed by atoms with E-state index in [0.717, 1.165) is 38.3 Å². The first-order chi connectivity index (χ1) is 13.6. The molecule has 4 rings (SSSR count). The van der Waals surface area contributed by atoms with Gasteiger partial charge in [0.05, 0.1) is 12.6 Å². The molecule has 0 unspecified atom stereocenters. The maximum atomic E-state index is 5.97. The van der Waals surface area contributed by atoms with Gasteiger partial charge in [0.15, 0.2) is 0 Å². The summed E-state index contributed by atoms with van der Waals surface area (Å²) in [4.78, 5) is 4.71. The van der Waals surface area contributed by atoms with E-state index in [0.29, 0.717) is 6.04 Å². The average molecular weight is 375 g/mol. The zero-order valence-electron chi connectivity index (χ0n) is 17.2. The van der Waals surface area contributed by atoms with Gasteiger partial charge in [-0.1, -0.05) is 36.4 Å². The van der Waals surface area contributed by atoms with Gasteiger partial charge in [-0.05, 0) is 80.0 Å². The molecule has 146 valence electrons. The Hall–Kier alpha value is -2.52. The van der Waals surface area contributed by atoms with E-state index in [1.54, 1.807) is 0 Å². The van der Waals surface area contributed by atoms with Gasteiger partial charge in [-0.15, -0.1) is 0 Å². The molecule has 3 nitrogen and oxygen atoms in total. The number of ether oxygens (including phenoxy) is 1. The van der Waals surface area contributed by atoms with Crippen LogP contribution in [-0.2, 0) is 6.42 Å². The third kappa shape index (κ3) is 4.00. The topological polar surface area (TPSA) is 15.7 Å². The van der Waals surface area contributed by atoms with E-state index in [1.807, 2.05) is 0 Å². The molecule has 28 heavy (non-hydrogen) atoms. The molecule has 0 aromatic heterocycles. The number of hydrogen-bond acceptors (Lipinski definition) is 3. The highest BCUT2D eigenvalue weighted by Gasteiger charge is 2.23. The molecule has 0 radical (unpaired) electrons. The Morgan fingerprint density at radius 1 is 1.00 bits per heavy atom. The molecule has 3 aromatic carbocycles. The van der Waals surface area contributed by atoms with Crippen molar-refractivity contribution in [1.82, 2.24) is 4.90 Å². The van der Waals surface area contributed by atoms with Crippen LogP contribution in [0.4, 0.5) is 5.69 Å². The van der Waals surface area contributed by atoms with Crippen molar-refractivity contribution in [2.24, 2.45) is 0 Å². The van der Waals surface area contributed by atoms with Gasteiger partial charge in [0.1, 0.15) is 5.75 Å². The largest absolute Gasteiger partial charge is 0.494 e. The Labute approximate surface area is 168 Å². The molecule has 0 saturated heterocycles. The van der Waals surface area contributed by atoms with Crippen molar-refractivity contribution in [3.05, 3.63) is 71.8 Å². The van der Waals surface area contributed by atoms with Gasteiger partial charge in [-0.3, -0.25) is 0 Å². The number of hydrogen-bond donors (Lipinski definition) is 0. The Balaban J connectivity index is 1.52. The second kappa shape index (κ2) is 8.24. The van der Waals surface area contributed by atoms with Crippen molar-refractivity contribution >= 4 is 16.5 Å². The lowest BCUT2D eigenvalue weighted by Gasteiger charge is -2.28. The quantitative estimate of drug-likeness (QED) is 0.522. The summed E-state index contributed by atoms with van der Waals surface area (Å²) in [7, 11) is 4.19. The SMILES string of the molecule is C[C@@H](c1ccc2ccc(OCCCN(C)C)cc2c1)N1CCc2ccccc21. The van der Waals surface area contributed by atoms with Gasteiger partial charge in [0, 0.05) is 18.8 Å². The van der Waals surface area contributed by atoms with Crippen LogP contribution in [0.3, 0.4) is 0 Å². The average Bonchev–Trinajstić information content (AvgIpc) is 3.14. The maximum Gasteiger partial charge on any atom is 0.119 e. The fourth-order valence-corrected chi connectivity index (χ4v) is 4.11. The van der Waals surface area contributed by atoms with E-state index in [4.69, 9.17) is 4.74 Å². The monoisotopic (exact) mass is 374 g/mol. The van der Waals surface area contributed by atoms with Crippen molar-refractivity contribution < 1.29 is 4.74 Å². The lowest BCUT2D eigenvalue weighted by Crippen LogP contribution is -2.24. The standard InChI is InChI=1S/C25H30N2O/c1-19(27-15-13-21-7-4-5-8-25(21)27)22-10-9-20-11-12-24(18-23(20)17-22)28-16-6-14-26(2)3/h4-5,7-12,17-19H,6,13-16H2,1-3H3/t19-/m0/s1. The van der Waals surface area contributed by atoms with Gasteiger partial charge in [0.2, 0.25) is 0 Å². The Morgan fingerprint density at radius 2 is 1.82 bits per heavy atom. The van der Waals surface area contributed by atoms with Crippen molar-refractivity contribution in [2.45, 2.75) is 25.8 Å². The highest BCUT2D eigenvalue weighted by Crippen LogP contribution is 2.35. The number of rotatable bonds is 7. The second-order valence-corrected chi connectivity index (χ2v) is 8.02. The first-order valence-electron chi connectivity index (χ1n) is 10.3. The van der Waals surface area contributed by atoms with Gasteiger partial charge >= 0.3 is 0 Å². The molecule has 1 aliphatic heterocycles. The van der Waals surface area contributed by atoms with Crippen LogP contribution in [0.5, 0.6) is 5.75 Å². The lowest BCUT2D eigenvalue weighted by atomic mass is 10.0. The Kier molecular flexibility index (Phi) is 5.54. The summed E-state index contributed by atoms with van der Waals surface area (Å²) < 4.78 is 5.97. The summed E-state index contributed by atoms with van der Waals surface area (Å²) in [6.45, 7) is 5.20. The van der Waals surface area contributed by atoms with Crippen LogP contribution >= 0.6 is 0 Å². The Morgan fingerprint density at radius 3 is 2.68 bits per heavy atom. The second-order valence-electron chi connectivity index (χ2n) is 8.02. The number of benzene rings is 3. The Bertz CT molecular complexity index is 950. The molecule has 1 atom stereocenters. The minimum absolute atomic E-state index is 0.359. The van der Waals surface area contributed by atoms with Crippen LogP contribution in [0, 0.1) is 0 Å². The van der Waals surface area contributed by atoms with Crippen LogP contribution in [-0.4, -0.2) is 38.7 Å². The predicted octanol–water partition coefficient (Wildman–Crippen LogP) is 5.29. The fourth-order valence-electron chi connectivity index (χ4n) is 4.11. The van der Waals surface area contributed by atoms with Crippen LogP contribution < -0.4 is 9.64 Å². The smallest absolute Gasteiger partial charge is 0.119 e. The van der Waals surface area contributed by atoms with Crippen molar-refractivity contribution in [2.75, 3.05) is 38.7 Å². The molecule has 0 fully saturated rings. The predicted molar refractivity (Wildman–Crippen MR) is 119 cm³/mol. The van der Waals surface area contributed by atoms with E-state index < -0.39 is 0 Å². The molecule has 0 spiro atoms. The molecule has 3 aromatic rings. The number of fused-ring (bicyclic) bond motifs is 2. The summed E-state index contributed by atoms with van der Waals surface area (Å²) in [5.41, 5.74) is 4.20. The first kappa shape index (κ1) is 18.8. The lowest BCUT2D eigenvalue weighted by molar-refractivity contribution is 0.282. The molecule has 0 saturated carbocycles. The van der Waals surface area contributed by atoms with Crippen LogP contribution in [0.25, 0.3) is 10.8 Å². The van der Waals surface area contributed by atoms with Crippen LogP contribution in [0.2, 0.25) is 0 Å². The minimum Gasteiger partial charge on any atom is -0.494 e. The summed E-state index contributed by atoms with van der Waals surface area (Å²) >= 11 is 0. The van der Waals surface area contributed by atoms with E-state index in [-0.39, 0.29) is 0 Å². The van der Waals surface area contributed by atoms with Crippen molar-refractivity contribution in [3.8, 4) is 5.75 Å². The zero-order valence-corrected chi connectivity index (χ0v) is 17.2. The molecule has 0 N–H and O–H groups in total. The summed E-state index contributed by atoms with van der Waals surface area (Å²) in [5, 5.41) is 2.51. The third-order valence-electron chi connectivity index (χ3n) is 5.73. The number of anilines is 1. The first-order valence-corrected chi connectivity index (χ1v) is 10.3. The molecule has 0 amide bonds. The van der Waals surface area contributed by atoms with Crippen LogP contribution in [0.1, 0.15) is 30.5 Å². The van der Waals surface area contributed by atoms with E-state index in [9.17, 15) is 0 Å². The molecular formula is C25H30N2O. The van der Waals surface area contributed by atoms with E-state index in [2.05, 4.69) is 91.5 Å². The zero-order chi connectivity index (χ0) is 19.5. The minimum atomic E-state index is 0.359. The van der Waals surface area contributed by atoms with Gasteiger partial charge in [0.25, 0.3) is 0 Å². The van der Waals surface area contributed by atoms with Crippen molar-refractivity contribution in [1.29, 1.82) is 0 Å². The molecule has 1 heterocycles. The summed E-state index contributed by atoms with van der Waals surface area (Å²) in [5.74, 6) is 0.961. The highest BCUT2D eigenvalue weighted by atomic mass is 16.5. The fraction of sp³-hybridized carbons (Fsp3) is 0.360. The number of para-hydroxylation sites is 1. The number of nitrogens with zero attached hydrogens (tertiary/aromatic N) is 2. The molecule has 1 aliphatic rings. The third-order valence-corrected chi connectivity index (χ3v) is 5.73. The van der Waals surface area contributed by atoms with Crippen LogP contribution in [0.15, 0.2) is 60.7 Å². The van der Waals surface area contributed by atoms with Crippen molar-refractivity contribution in [3.63, 3.8) is 0 Å². The molecule has 0 aliphatic carbocycles. The van der Waals surface area contributed by atoms with E-state index in [1.165, 1.54) is 27.6 Å². The van der Waals surface area contributed by atoms with E-state index >= 15 is 0 Å². The molecule has 0 bridgehead atoms. The van der Waals surface area contributed by atoms with Gasteiger partial charge in [-0.25, -0.2) is 0 Å². The van der Waals surface area contributed by atoms with Gasteiger partial charge in [-0.2, -0.15) is 0 Å². The summed E-state index contributed by atoms with van der Waals surface area (Å²) in [6.07, 6.45) is 2.18. The van der Waals surface area contributed by atoms with Gasteiger partial charge < -0.3 is 14.5 Å². The summed E-state index contributed by atoms with van der Waals surface area (Å²) in [6, 6.07) is 22.4. The normalized spacial score (nSPS) is 14.5.